The molecule has 0 N–H and O–H groups in total. The highest BCUT2D eigenvalue weighted by Crippen LogP contribution is 2.27. The zero-order chi connectivity index (χ0) is 11.5. The zero-order valence-corrected chi connectivity index (χ0v) is 10.0. The quantitative estimate of drug-likeness (QED) is 0.764. The second-order valence-electron chi connectivity index (χ2n) is 3.14. The number of nitrogens with zero attached hydrogens (tertiary/aromatic N) is 2. The second-order valence-corrected chi connectivity index (χ2v) is 4.62. The monoisotopic (exact) mass is 254 g/mol. The highest BCUT2D eigenvalue weighted by molar-refractivity contribution is 7.99. The summed E-state index contributed by atoms with van der Waals surface area (Å²) >= 11 is 7.16. The summed E-state index contributed by atoms with van der Waals surface area (Å²) in [5, 5.41) is 1.11. The third-order valence-corrected chi connectivity index (χ3v) is 2.90. The first kappa shape index (κ1) is 11.4. The van der Waals surface area contributed by atoms with Gasteiger partial charge in [0, 0.05) is 11.0 Å². The molecule has 0 aliphatic heterocycles. The van der Waals surface area contributed by atoms with Crippen molar-refractivity contribution in [1.82, 2.24) is 9.97 Å². The van der Waals surface area contributed by atoms with Crippen LogP contribution in [0.15, 0.2) is 40.3 Å². The third-order valence-electron chi connectivity index (χ3n) is 1.80. The molecule has 2 nitrogen and oxygen atoms in total. The average Bonchev–Trinajstić information content (AvgIpc) is 2.15. The Kier molecular flexibility index (Phi) is 3.41. The van der Waals surface area contributed by atoms with Gasteiger partial charge in [-0.2, -0.15) is 0 Å². The maximum Gasteiger partial charge on any atom is 0.133 e. The predicted molar refractivity (Wildman–Crippen MR) is 62.3 cm³/mol. The molecule has 0 aliphatic rings. The Morgan fingerprint density at radius 3 is 2.75 bits per heavy atom. The van der Waals surface area contributed by atoms with Crippen LogP contribution in [0.2, 0.25) is 5.15 Å². The molecule has 0 aliphatic carbocycles. The van der Waals surface area contributed by atoms with Crippen LogP contribution in [-0.2, 0) is 0 Å². The molecule has 0 spiro atoms. The Hall–Kier alpha value is -1.13. The number of hydrogen-bond acceptors (Lipinski definition) is 3. The average molecular weight is 255 g/mol. The molecular formula is C11H8ClFN2S. The Morgan fingerprint density at radius 1 is 1.25 bits per heavy atom. The van der Waals surface area contributed by atoms with E-state index in [1.54, 1.807) is 19.1 Å². The molecule has 0 amide bonds. The van der Waals surface area contributed by atoms with Crippen molar-refractivity contribution in [3.63, 3.8) is 0 Å². The highest BCUT2D eigenvalue weighted by Gasteiger charge is 2.03. The molecule has 5 heteroatoms. The minimum absolute atomic E-state index is 0.262. The first-order valence-corrected chi connectivity index (χ1v) is 5.77. The van der Waals surface area contributed by atoms with E-state index in [1.165, 1.54) is 23.9 Å². The van der Waals surface area contributed by atoms with Crippen molar-refractivity contribution in [3.8, 4) is 0 Å². The van der Waals surface area contributed by atoms with Crippen LogP contribution in [0.5, 0.6) is 0 Å². The van der Waals surface area contributed by atoms with E-state index in [1.807, 2.05) is 6.07 Å². The van der Waals surface area contributed by atoms with Crippen LogP contribution >= 0.6 is 23.4 Å². The topological polar surface area (TPSA) is 25.8 Å². The Bertz CT molecular complexity index is 499. The summed E-state index contributed by atoms with van der Waals surface area (Å²) in [6.45, 7) is 1.77. The van der Waals surface area contributed by atoms with Gasteiger partial charge in [-0.15, -0.1) is 0 Å². The van der Waals surface area contributed by atoms with Gasteiger partial charge in [-0.05, 0) is 25.1 Å². The molecule has 2 rings (SSSR count). The normalized spacial score (nSPS) is 10.4. The number of benzene rings is 1. The fourth-order valence-corrected chi connectivity index (χ4v) is 2.41. The van der Waals surface area contributed by atoms with Crippen molar-refractivity contribution >= 4 is 23.4 Å². The van der Waals surface area contributed by atoms with Gasteiger partial charge in [0.1, 0.15) is 21.8 Å². The fourth-order valence-electron chi connectivity index (χ4n) is 1.21. The van der Waals surface area contributed by atoms with E-state index in [0.717, 1.165) is 4.90 Å². The maximum absolute atomic E-state index is 13.0. The summed E-state index contributed by atoms with van der Waals surface area (Å²) < 4.78 is 13.0. The summed E-state index contributed by atoms with van der Waals surface area (Å²) in [5.74, 6) is 0.341. The van der Waals surface area contributed by atoms with E-state index in [4.69, 9.17) is 11.6 Å². The fraction of sp³-hybridized carbons (Fsp3) is 0.0909. The minimum atomic E-state index is -0.262. The molecule has 2 aromatic rings. The predicted octanol–water partition coefficient (Wildman–Crippen LogP) is 3.73. The van der Waals surface area contributed by atoms with Gasteiger partial charge in [0.2, 0.25) is 0 Å². The van der Waals surface area contributed by atoms with Crippen LogP contribution in [0.3, 0.4) is 0 Å². The van der Waals surface area contributed by atoms with Gasteiger partial charge in [-0.1, -0.05) is 29.4 Å². The molecule has 0 saturated heterocycles. The SMILES string of the molecule is Cc1nc(Cl)cc(Sc2cccc(F)c2)n1. The molecule has 82 valence electrons. The third kappa shape index (κ3) is 2.93. The van der Waals surface area contributed by atoms with Crippen LogP contribution in [0.1, 0.15) is 5.82 Å². The van der Waals surface area contributed by atoms with Crippen LogP contribution < -0.4 is 0 Å². The zero-order valence-electron chi connectivity index (χ0n) is 8.45. The van der Waals surface area contributed by atoms with Crippen LogP contribution in [0.25, 0.3) is 0 Å². The second kappa shape index (κ2) is 4.80. The van der Waals surface area contributed by atoms with Gasteiger partial charge in [-0.25, -0.2) is 14.4 Å². The summed E-state index contributed by atoms with van der Waals surface area (Å²) in [6.07, 6.45) is 0. The molecule has 0 saturated carbocycles. The lowest BCUT2D eigenvalue weighted by atomic mass is 10.4. The first-order valence-electron chi connectivity index (χ1n) is 4.58. The minimum Gasteiger partial charge on any atom is -0.226 e. The van der Waals surface area contributed by atoms with E-state index in [-0.39, 0.29) is 5.82 Å². The number of halogens is 2. The summed E-state index contributed by atoms with van der Waals surface area (Å²) in [6, 6.07) is 7.99. The van der Waals surface area contributed by atoms with Gasteiger partial charge < -0.3 is 0 Å². The molecule has 1 aromatic heterocycles. The lowest BCUT2D eigenvalue weighted by Crippen LogP contribution is -1.89. The van der Waals surface area contributed by atoms with Crippen molar-refractivity contribution < 1.29 is 4.39 Å². The summed E-state index contributed by atoms with van der Waals surface area (Å²) in [7, 11) is 0. The standard InChI is InChI=1S/C11H8ClFN2S/c1-7-14-10(12)6-11(15-7)16-9-4-2-3-8(13)5-9/h2-6H,1H3. The summed E-state index contributed by atoms with van der Waals surface area (Å²) in [5.41, 5.74) is 0. The highest BCUT2D eigenvalue weighted by atomic mass is 35.5. The first-order chi connectivity index (χ1) is 7.63. The van der Waals surface area contributed by atoms with Crippen molar-refractivity contribution in [2.24, 2.45) is 0 Å². The van der Waals surface area contributed by atoms with Crippen molar-refractivity contribution in [1.29, 1.82) is 0 Å². The van der Waals surface area contributed by atoms with Crippen LogP contribution in [0, 0.1) is 12.7 Å². The molecule has 1 heterocycles. The van der Waals surface area contributed by atoms with Gasteiger partial charge in [0.15, 0.2) is 0 Å². The van der Waals surface area contributed by atoms with E-state index in [0.29, 0.717) is 16.0 Å². The van der Waals surface area contributed by atoms with E-state index >= 15 is 0 Å². The lowest BCUT2D eigenvalue weighted by molar-refractivity contribution is 0.624. The molecular weight excluding hydrogens is 247 g/mol. The van der Waals surface area contributed by atoms with Gasteiger partial charge >= 0.3 is 0 Å². The van der Waals surface area contributed by atoms with E-state index in [2.05, 4.69) is 9.97 Å². The molecule has 0 bridgehead atoms. The molecule has 0 fully saturated rings. The van der Waals surface area contributed by atoms with Crippen LogP contribution in [0.4, 0.5) is 4.39 Å². The molecule has 1 aromatic carbocycles. The van der Waals surface area contributed by atoms with Crippen LogP contribution in [-0.4, -0.2) is 9.97 Å². The smallest absolute Gasteiger partial charge is 0.133 e. The Morgan fingerprint density at radius 2 is 2.06 bits per heavy atom. The van der Waals surface area contributed by atoms with E-state index < -0.39 is 0 Å². The van der Waals surface area contributed by atoms with Crippen molar-refractivity contribution in [2.75, 3.05) is 0 Å². The number of aromatic nitrogens is 2. The van der Waals surface area contributed by atoms with E-state index in [9.17, 15) is 4.39 Å². The number of rotatable bonds is 2. The molecule has 0 unspecified atom stereocenters. The lowest BCUT2D eigenvalue weighted by Gasteiger charge is -2.02. The Balaban J connectivity index is 2.27. The number of hydrogen-bond donors (Lipinski definition) is 0. The molecule has 0 atom stereocenters. The summed E-state index contributed by atoms with van der Waals surface area (Å²) in [4.78, 5) is 8.95. The maximum atomic E-state index is 13.0. The largest absolute Gasteiger partial charge is 0.226 e. The van der Waals surface area contributed by atoms with Crippen molar-refractivity contribution in [2.45, 2.75) is 16.8 Å². The van der Waals surface area contributed by atoms with Gasteiger partial charge in [-0.3, -0.25) is 0 Å². The Labute approximate surface area is 102 Å². The van der Waals surface area contributed by atoms with Crippen molar-refractivity contribution in [3.05, 3.63) is 47.1 Å². The molecule has 16 heavy (non-hydrogen) atoms. The van der Waals surface area contributed by atoms with Gasteiger partial charge in [0.25, 0.3) is 0 Å². The molecule has 0 radical (unpaired) electrons. The van der Waals surface area contributed by atoms with Gasteiger partial charge in [0.05, 0.1) is 0 Å². The number of aryl methyl sites for hydroxylation is 1.